The fourth-order valence-electron chi connectivity index (χ4n) is 4.64. The van der Waals surface area contributed by atoms with Crippen molar-refractivity contribution < 1.29 is 52.8 Å². The zero-order valence-corrected chi connectivity index (χ0v) is 33.6. The molecule has 0 fully saturated rings. The molecule has 0 aliphatic rings. The van der Waals surface area contributed by atoms with Crippen molar-refractivity contribution in [1.29, 1.82) is 0 Å². The van der Waals surface area contributed by atoms with Crippen LogP contribution < -0.4 is 21.3 Å². The van der Waals surface area contributed by atoms with Crippen molar-refractivity contribution in [1.82, 2.24) is 38.5 Å². The summed E-state index contributed by atoms with van der Waals surface area (Å²) in [6.45, 7) is 6.11. The highest BCUT2D eigenvalue weighted by atomic mass is 32.2. The van der Waals surface area contributed by atoms with Crippen LogP contribution in [0.2, 0.25) is 0 Å². The molecule has 4 amide bonds. The van der Waals surface area contributed by atoms with Crippen molar-refractivity contribution in [3.63, 3.8) is 0 Å². The Morgan fingerprint density at radius 2 is 0.680 bits per heavy atom. The third-order valence-corrected chi connectivity index (χ3v) is 11.8. The molecule has 0 saturated carbocycles. The van der Waals surface area contributed by atoms with Gasteiger partial charge in [0.25, 0.3) is 0 Å². The monoisotopic (exact) mass is 798 g/mol. The lowest BCUT2D eigenvalue weighted by Gasteiger charge is -2.28. The van der Waals surface area contributed by atoms with E-state index < -0.39 is 108 Å². The molecule has 0 saturated heterocycles. The van der Waals surface area contributed by atoms with E-state index >= 15 is 0 Å². The highest BCUT2D eigenvalue weighted by Gasteiger charge is 2.28. The number of hydrogen-bond acceptors (Lipinski definition) is 12. The van der Waals surface area contributed by atoms with Gasteiger partial charge in [0.2, 0.25) is 63.7 Å². The second kappa shape index (κ2) is 19.9. The zero-order valence-electron chi connectivity index (χ0n) is 30.3. The SMILES string of the molecule is CCN(C[C@H](C)NC(=O)CN(C[C@H](C)NC(=O)CN(C[C@H](C)NC(=O)CN(C[C@H](C)NC(C)=O)S(C)(=O)=O)S(C)(=O)=O)S(C)(=O)=O)S(C)(=O)=O. The van der Waals surface area contributed by atoms with E-state index in [1.807, 2.05) is 0 Å². The predicted octanol–water partition coefficient (Wildman–Crippen LogP) is -3.91. The Labute approximate surface area is 297 Å². The summed E-state index contributed by atoms with van der Waals surface area (Å²) >= 11 is 0. The Bertz CT molecular complexity index is 1620. The molecule has 0 aromatic rings. The molecule has 0 aromatic heterocycles. The first-order chi connectivity index (χ1) is 22.4. The van der Waals surface area contributed by atoms with E-state index in [4.69, 9.17) is 0 Å². The second-order valence-electron chi connectivity index (χ2n) is 12.4. The van der Waals surface area contributed by atoms with Gasteiger partial charge in [-0.15, -0.1) is 0 Å². The Morgan fingerprint density at radius 1 is 0.460 bits per heavy atom. The van der Waals surface area contributed by atoms with Gasteiger partial charge in [-0.2, -0.15) is 12.9 Å². The van der Waals surface area contributed by atoms with Crippen LogP contribution in [-0.2, 0) is 59.3 Å². The minimum Gasteiger partial charge on any atom is -0.353 e. The molecule has 24 heteroatoms. The molecular formula is C26H54N8O12S4. The maximum absolute atomic E-state index is 12.9. The number of rotatable bonds is 23. The van der Waals surface area contributed by atoms with Gasteiger partial charge in [-0.05, 0) is 27.7 Å². The van der Waals surface area contributed by atoms with Crippen molar-refractivity contribution in [3.8, 4) is 0 Å². The van der Waals surface area contributed by atoms with Gasteiger partial charge in [-0.25, -0.2) is 38.0 Å². The van der Waals surface area contributed by atoms with E-state index in [1.165, 1.54) is 20.8 Å². The van der Waals surface area contributed by atoms with Crippen LogP contribution in [0.1, 0.15) is 41.5 Å². The maximum Gasteiger partial charge on any atom is 0.235 e. The fraction of sp³-hybridized carbons (Fsp3) is 0.846. The third kappa shape index (κ3) is 19.8. The normalized spacial score (nSPS) is 15.4. The molecule has 0 unspecified atom stereocenters. The van der Waals surface area contributed by atoms with Crippen molar-refractivity contribution in [2.45, 2.75) is 65.7 Å². The minimum atomic E-state index is -4.02. The quantitative estimate of drug-likeness (QED) is 0.0773. The van der Waals surface area contributed by atoms with Gasteiger partial charge < -0.3 is 21.3 Å². The summed E-state index contributed by atoms with van der Waals surface area (Å²) in [5.74, 6) is -2.68. The molecule has 0 spiro atoms. The lowest BCUT2D eigenvalue weighted by Crippen LogP contribution is -2.53. The topological polar surface area (TPSA) is 266 Å². The highest BCUT2D eigenvalue weighted by Crippen LogP contribution is 2.05. The van der Waals surface area contributed by atoms with E-state index in [1.54, 1.807) is 20.8 Å². The smallest absolute Gasteiger partial charge is 0.235 e. The highest BCUT2D eigenvalue weighted by molar-refractivity contribution is 7.89. The zero-order chi connectivity index (χ0) is 39.4. The number of amides is 4. The predicted molar refractivity (Wildman–Crippen MR) is 187 cm³/mol. The molecule has 0 bridgehead atoms. The van der Waals surface area contributed by atoms with Gasteiger partial charge in [-0.1, -0.05) is 6.92 Å². The van der Waals surface area contributed by atoms with Gasteiger partial charge >= 0.3 is 0 Å². The summed E-state index contributed by atoms with van der Waals surface area (Å²) in [5.41, 5.74) is 0. The number of hydrogen-bond donors (Lipinski definition) is 4. The number of nitrogens with one attached hydrogen (secondary N) is 4. The second-order valence-corrected chi connectivity index (χ2v) is 20.3. The minimum absolute atomic E-state index is 0.0379. The molecule has 0 rings (SSSR count). The van der Waals surface area contributed by atoms with Crippen LogP contribution in [0.4, 0.5) is 0 Å². The van der Waals surface area contributed by atoms with Gasteiger partial charge in [0, 0.05) is 63.8 Å². The van der Waals surface area contributed by atoms with Gasteiger partial charge in [0.05, 0.1) is 44.7 Å². The van der Waals surface area contributed by atoms with Crippen molar-refractivity contribution in [2.24, 2.45) is 0 Å². The molecule has 0 heterocycles. The standard InChI is InChI=1S/C26H54N8O12S4/c1-11-31(47(7,39)40)12-20(3)28-24(36)17-33(49(9,43)44)14-22(5)30-26(38)18-34(50(10,45)46)15-21(4)29-25(37)16-32(48(8,41)42)13-19(2)27-23(6)35/h19-22H,11-18H2,1-10H3,(H,27,35)(H,28,36)(H,29,37)(H,30,38)/t19-,20-,21-,22-/m0/s1. The van der Waals surface area contributed by atoms with Crippen LogP contribution in [0, 0.1) is 0 Å². The van der Waals surface area contributed by atoms with Crippen molar-refractivity contribution in [3.05, 3.63) is 0 Å². The average Bonchev–Trinajstić information content (AvgIpc) is 2.87. The summed E-state index contributed by atoms with van der Waals surface area (Å²) in [4.78, 5) is 49.5. The van der Waals surface area contributed by atoms with Gasteiger partial charge in [0.15, 0.2) is 0 Å². The van der Waals surface area contributed by atoms with Gasteiger partial charge in [0.1, 0.15) is 0 Å². The molecule has 50 heavy (non-hydrogen) atoms. The summed E-state index contributed by atoms with van der Waals surface area (Å²) in [6.07, 6.45) is 3.62. The molecular weight excluding hydrogens is 745 g/mol. The summed E-state index contributed by atoms with van der Waals surface area (Å²) < 4.78 is 102. The van der Waals surface area contributed by atoms with E-state index in [2.05, 4.69) is 21.3 Å². The van der Waals surface area contributed by atoms with Crippen LogP contribution in [0.15, 0.2) is 0 Å². The number of likely N-dealkylation sites (N-methyl/N-ethyl adjacent to an activating group) is 1. The molecule has 0 aromatic carbocycles. The van der Waals surface area contributed by atoms with E-state index in [9.17, 15) is 52.8 Å². The van der Waals surface area contributed by atoms with E-state index in [0.717, 1.165) is 42.2 Å². The van der Waals surface area contributed by atoms with Crippen LogP contribution in [0.3, 0.4) is 0 Å². The van der Waals surface area contributed by atoms with Crippen LogP contribution in [-0.4, -0.2) is 176 Å². The Kier molecular flexibility index (Phi) is 19.0. The molecule has 4 N–H and O–H groups in total. The number of carbonyl (C=O) groups excluding carboxylic acids is 4. The van der Waals surface area contributed by atoms with Crippen LogP contribution in [0.5, 0.6) is 0 Å². The Hall–Kier alpha value is -2.48. The van der Waals surface area contributed by atoms with Crippen molar-refractivity contribution in [2.75, 3.05) is 77.4 Å². The van der Waals surface area contributed by atoms with Crippen LogP contribution >= 0.6 is 0 Å². The van der Waals surface area contributed by atoms with E-state index in [0.29, 0.717) is 0 Å². The molecule has 0 radical (unpaired) electrons. The largest absolute Gasteiger partial charge is 0.353 e. The fourth-order valence-corrected chi connectivity index (χ4v) is 8.15. The molecule has 294 valence electrons. The van der Waals surface area contributed by atoms with Gasteiger partial charge in [-0.3, -0.25) is 19.2 Å². The number of carbonyl (C=O) groups is 4. The number of nitrogens with zero attached hydrogens (tertiary/aromatic N) is 4. The van der Waals surface area contributed by atoms with Crippen molar-refractivity contribution >= 4 is 63.7 Å². The lowest BCUT2D eigenvalue weighted by molar-refractivity contribution is -0.122. The summed E-state index contributed by atoms with van der Waals surface area (Å²) in [5, 5.41) is 10.1. The Morgan fingerprint density at radius 3 is 0.880 bits per heavy atom. The molecule has 0 aliphatic carbocycles. The first kappa shape index (κ1) is 47.5. The first-order valence-electron chi connectivity index (χ1n) is 15.4. The first-order valence-corrected chi connectivity index (χ1v) is 22.8. The number of sulfonamides is 4. The molecule has 20 nitrogen and oxygen atoms in total. The maximum atomic E-state index is 12.9. The molecule has 4 atom stereocenters. The molecule has 0 aliphatic heterocycles. The van der Waals surface area contributed by atoms with E-state index in [-0.39, 0.29) is 32.7 Å². The summed E-state index contributed by atoms with van der Waals surface area (Å²) in [7, 11) is -15.4. The van der Waals surface area contributed by atoms with Crippen LogP contribution in [0.25, 0.3) is 0 Å². The summed E-state index contributed by atoms with van der Waals surface area (Å²) in [6, 6.07) is -3.05. The Balaban J connectivity index is 5.42. The third-order valence-electron chi connectivity index (χ3n) is 6.77. The lowest BCUT2D eigenvalue weighted by atomic mass is 10.3. The average molecular weight is 799 g/mol.